The first-order valence-corrected chi connectivity index (χ1v) is 13.1. The van der Waals surface area contributed by atoms with Crippen molar-refractivity contribution in [2.24, 2.45) is 22.5 Å². The highest BCUT2D eigenvalue weighted by Crippen LogP contribution is 2.75. The second kappa shape index (κ2) is 7.13. The molecule has 0 spiro atoms. The van der Waals surface area contributed by atoms with Gasteiger partial charge in [0.05, 0.1) is 5.54 Å². The summed E-state index contributed by atoms with van der Waals surface area (Å²) in [6, 6.07) is 0. The highest BCUT2D eigenvalue weighted by atomic mass is 31.2. The summed E-state index contributed by atoms with van der Waals surface area (Å²) in [5, 5.41) is 8.41. The zero-order valence-corrected chi connectivity index (χ0v) is 20.2. The van der Waals surface area contributed by atoms with Crippen molar-refractivity contribution in [1.29, 1.82) is 0 Å². The van der Waals surface area contributed by atoms with Crippen LogP contribution in [0.15, 0.2) is 4.74 Å². The van der Waals surface area contributed by atoms with Crippen molar-refractivity contribution in [2.45, 2.75) is 114 Å². The number of aliphatic hydroxyl groups is 1. The van der Waals surface area contributed by atoms with Crippen LogP contribution in [0.5, 0.6) is 0 Å². The van der Waals surface area contributed by atoms with E-state index in [4.69, 9.17) is 4.74 Å². The van der Waals surface area contributed by atoms with E-state index in [9.17, 15) is 31.4 Å². The van der Waals surface area contributed by atoms with Crippen LogP contribution in [0.3, 0.4) is 0 Å². The molecular weight excluding hydrogens is 439 g/mol. The van der Waals surface area contributed by atoms with Crippen LogP contribution in [0.2, 0.25) is 0 Å². The molecule has 4 fully saturated rings. The molecule has 4 bridgehead atoms. The molecule has 0 unspecified atom stereocenters. The maximum Gasteiger partial charge on any atom is 0.426 e. The van der Waals surface area contributed by atoms with Crippen LogP contribution in [0.4, 0.5) is 26.3 Å². The summed E-state index contributed by atoms with van der Waals surface area (Å²) in [7, 11) is -3.39. The monoisotopic (exact) mass is 475 g/mol. The van der Waals surface area contributed by atoms with Crippen LogP contribution in [-0.2, 0) is 0 Å². The highest BCUT2D eigenvalue weighted by molar-refractivity contribution is 7.69. The van der Waals surface area contributed by atoms with E-state index >= 15 is 0 Å². The van der Waals surface area contributed by atoms with Crippen LogP contribution in [-0.4, -0.2) is 45.1 Å². The average molecular weight is 475 g/mol. The molecule has 0 aromatic heterocycles. The van der Waals surface area contributed by atoms with Crippen molar-refractivity contribution < 1.29 is 31.4 Å². The molecule has 0 amide bonds. The average Bonchev–Trinajstić information content (AvgIpc) is 2.47. The summed E-state index contributed by atoms with van der Waals surface area (Å²) in [6.45, 7) is 10.2. The minimum absolute atomic E-state index is 0.459. The van der Waals surface area contributed by atoms with Gasteiger partial charge in [0.2, 0.25) is 0 Å². The van der Waals surface area contributed by atoms with E-state index in [2.05, 4.69) is 0 Å². The Balaban J connectivity index is 2.26. The lowest BCUT2D eigenvalue weighted by Crippen LogP contribution is -2.61. The molecule has 4 aliphatic rings. The van der Waals surface area contributed by atoms with Crippen molar-refractivity contribution in [2.75, 3.05) is 6.16 Å². The van der Waals surface area contributed by atoms with Crippen molar-refractivity contribution in [3.8, 4) is 0 Å². The van der Waals surface area contributed by atoms with E-state index in [-0.39, 0.29) is 0 Å². The largest absolute Gasteiger partial charge is 0.426 e. The second-order valence-electron chi connectivity index (χ2n) is 12.4. The maximum atomic E-state index is 13.8. The summed E-state index contributed by atoms with van der Waals surface area (Å²) < 4.78 is 88.1. The highest BCUT2D eigenvalue weighted by Gasteiger charge is 2.73. The SMILES string of the molecule is CC(C)(C)P(CC(O)(C(F)(F)F)C(F)(F)F)(=NC12CC3CC(CC(C3)C1)C2)C(C)(C)C. The van der Waals surface area contributed by atoms with Gasteiger partial charge in [0.1, 0.15) is 0 Å². The number of alkyl halides is 6. The lowest BCUT2D eigenvalue weighted by molar-refractivity contribution is -0.359. The van der Waals surface area contributed by atoms with Crippen LogP contribution < -0.4 is 0 Å². The summed E-state index contributed by atoms with van der Waals surface area (Å²) >= 11 is 0. The predicted molar refractivity (Wildman–Crippen MR) is 112 cm³/mol. The van der Waals surface area contributed by atoms with Crippen LogP contribution >= 0.6 is 7.05 Å². The Hall–Kier alpha value is -0.230. The van der Waals surface area contributed by atoms with E-state index < -0.39 is 47.0 Å². The Bertz CT molecular complexity index is 689. The minimum atomic E-state index is -5.83. The van der Waals surface area contributed by atoms with Gasteiger partial charge < -0.3 is 5.11 Å². The Kier molecular flexibility index (Phi) is 5.84. The summed E-state index contributed by atoms with van der Waals surface area (Å²) in [6.07, 6.45) is -7.52. The second-order valence-corrected chi connectivity index (χ2v) is 17.1. The Morgan fingerprint density at radius 3 is 1.32 bits per heavy atom. The molecule has 4 rings (SSSR count). The van der Waals surface area contributed by atoms with Crippen molar-refractivity contribution >= 4 is 7.05 Å². The molecule has 4 saturated carbocycles. The first kappa shape index (κ1) is 25.4. The standard InChI is InChI=1S/C22H36F6NOP/c1-17(2,3)31(18(4,5)6,13-20(30,21(23,24)25)22(26,27)28)29-19-10-14-7-15(11-19)9-16(8-14)12-19/h14-16,30H,7-13H2,1-6H3. The fourth-order valence-corrected chi connectivity index (χ4v) is 12.7. The van der Waals surface area contributed by atoms with E-state index in [1.54, 1.807) is 41.5 Å². The number of rotatable bonds is 3. The van der Waals surface area contributed by atoms with Gasteiger partial charge in [-0.3, -0.25) is 4.74 Å². The maximum absolute atomic E-state index is 13.8. The van der Waals surface area contributed by atoms with E-state index in [0.29, 0.717) is 17.8 Å². The van der Waals surface area contributed by atoms with Crippen LogP contribution in [0.25, 0.3) is 0 Å². The molecular formula is C22H36F6NOP. The van der Waals surface area contributed by atoms with Gasteiger partial charge in [-0.25, -0.2) is 0 Å². The molecule has 4 aliphatic carbocycles. The molecule has 0 atom stereocenters. The third-order valence-electron chi connectivity index (χ3n) is 8.00. The van der Waals surface area contributed by atoms with Gasteiger partial charge in [-0.05, 0) is 73.6 Å². The third kappa shape index (κ3) is 4.11. The number of halogens is 6. The summed E-state index contributed by atoms with van der Waals surface area (Å²) in [4.78, 5) is 0. The molecule has 0 saturated heterocycles. The van der Waals surface area contributed by atoms with E-state index in [0.717, 1.165) is 38.5 Å². The molecule has 0 radical (unpaired) electrons. The van der Waals surface area contributed by atoms with Gasteiger partial charge in [0, 0.05) is 6.16 Å². The fourth-order valence-electron chi connectivity index (χ4n) is 7.04. The lowest BCUT2D eigenvalue weighted by atomic mass is 9.53. The van der Waals surface area contributed by atoms with Gasteiger partial charge in [-0.2, -0.15) is 26.3 Å². The molecule has 0 aromatic rings. The topological polar surface area (TPSA) is 32.6 Å². The quantitative estimate of drug-likeness (QED) is 0.331. The Morgan fingerprint density at radius 2 is 1.06 bits per heavy atom. The van der Waals surface area contributed by atoms with E-state index in [1.165, 1.54) is 0 Å². The van der Waals surface area contributed by atoms with Crippen molar-refractivity contribution in [1.82, 2.24) is 0 Å². The Labute approximate surface area is 181 Å². The summed E-state index contributed by atoms with van der Waals surface area (Å²) in [5.74, 6) is 1.38. The van der Waals surface area contributed by atoms with Gasteiger partial charge in [0.15, 0.2) is 0 Å². The van der Waals surface area contributed by atoms with Crippen LogP contribution in [0, 0.1) is 17.8 Å². The molecule has 31 heavy (non-hydrogen) atoms. The molecule has 0 aromatic carbocycles. The molecule has 1 N–H and O–H groups in total. The number of hydrogen-bond donors (Lipinski definition) is 1. The molecule has 2 nitrogen and oxygen atoms in total. The summed E-state index contributed by atoms with van der Waals surface area (Å²) in [5.41, 5.74) is -5.33. The normalized spacial score (nSPS) is 32.5. The molecule has 182 valence electrons. The van der Waals surface area contributed by atoms with Crippen molar-refractivity contribution in [3.63, 3.8) is 0 Å². The number of hydrogen-bond acceptors (Lipinski definition) is 2. The zero-order valence-electron chi connectivity index (χ0n) is 19.3. The first-order valence-electron chi connectivity index (χ1n) is 11.1. The van der Waals surface area contributed by atoms with Crippen LogP contribution in [0.1, 0.15) is 80.1 Å². The zero-order chi connectivity index (χ0) is 23.9. The van der Waals surface area contributed by atoms with Gasteiger partial charge >= 0.3 is 12.4 Å². The van der Waals surface area contributed by atoms with Gasteiger partial charge in [0.25, 0.3) is 5.60 Å². The first-order chi connectivity index (χ1) is 13.6. The third-order valence-corrected chi connectivity index (χ3v) is 14.1. The molecule has 0 heterocycles. The van der Waals surface area contributed by atoms with Gasteiger partial charge in [-0.1, -0.05) is 41.5 Å². The fraction of sp³-hybridized carbons (Fsp3) is 1.00. The van der Waals surface area contributed by atoms with Crippen molar-refractivity contribution in [3.05, 3.63) is 0 Å². The molecule has 0 aliphatic heterocycles. The smallest absolute Gasteiger partial charge is 0.373 e. The van der Waals surface area contributed by atoms with E-state index in [1.807, 2.05) is 0 Å². The number of nitrogens with zero attached hydrogens (tertiary/aromatic N) is 1. The molecule has 9 heteroatoms. The lowest BCUT2D eigenvalue weighted by Gasteiger charge is -2.58. The van der Waals surface area contributed by atoms with Gasteiger partial charge in [-0.15, -0.1) is 0 Å². The minimum Gasteiger partial charge on any atom is -0.373 e. The Morgan fingerprint density at radius 1 is 0.742 bits per heavy atom. The predicted octanol–water partition coefficient (Wildman–Crippen LogP) is 7.61.